The number of nitrogens with zero attached hydrogens (tertiary/aromatic N) is 1. The summed E-state index contributed by atoms with van der Waals surface area (Å²) in [6, 6.07) is 0. The summed E-state index contributed by atoms with van der Waals surface area (Å²) in [5.74, 6) is 0.124. The van der Waals surface area contributed by atoms with E-state index >= 15 is 0 Å². The van der Waals surface area contributed by atoms with E-state index in [9.17, 15) is 9.90 Å². The first kappa shape index (κ1) is 12.9. The number of aryl methyl sites for hydroxylation is 1. The van der Waals surface area contributed by atoms with E-state index in [2.05, 4.69) is 0 Å². The van der Waals surface area contributed by atoms with Gasteiger partial charge in [0.15, 0.2) is 0 Å². The zero-order chi connectivity index (χ0) is 12.6. The summed E-state index contributed by atoms with van der Waals surface area (Å²) in [6.45, 7) is 5.08. The van der Waals surface area contributed by atoms with E-state index in [0.29, 0.717) is 29.4 Å². The van der Waals surface area contributed by atoms with E-state index in [1.54, 1.807) is 4.90 Å². The molecule has 1 saturated heterocycles. The molecule has 94 valence electrons. The van der Waals surface area contributed by atoms with E-state index < -0.39 is 0 Å². The lowest BCUT2D eigenvalue weighted by Gasteiger charge is -2.34. The Morgan fingerprint density at radius 1 is 1.65 bits per heavy atom. The fourth-order valence-corrected chi connectivity index (χ4v) is 3.28. The Morgan fingerprint density at radius 3 is 2.88 bits per heavy atom. The maximum Gasteiger partial charge on any atom is 0.265 e. The second-order valence-electron chi connectivity index (χ2n) is 4.65. The third-order valence-corrected chi connectivity index (χ3v) is 4.93. The molecular formula is C12H16ClNO2S. The van der Waals surface area contributed by atoms with Crippen molar-refractivity contribution >= 4 is 28.8 Å². The number of halogens is 1. The standard InChI is InChI=1S/C12H16ClNO2S/c1-7-5-14(4-3-9(7)15)12(16)11-10(13)8(2)6-17-11/h6-7,9,15H,3-5H2,1-2H3. The van der Waals surface area contributed by atoms with Crippen LogP contribution < -0.4 is 0 Å². The highest BCUT2D eigenvalue weighted by atomic mass is 35.5. The number of carbonyl (C=O) groups is 1. The third kappa shape index (κ3) is 2.49. The Hall–Kier alpha value is -0.580. The molecule has 1 amide bonds. The zero-order valence-electron chi connectivity index (χ0n) is 9.94. The summed E-state index contributed by atoms with van der Waals surface area (Å²) in [7, 11) is 0. The number of aliphatic hydroxyl groups is 1. The van der Waals surface area contributed by atoms with E-state index in [4.69, 9.17) is 11.6 Å². The van der Waals surface area contributed by atoms with Gasteiger partial charge in [-0.1, -0.05) is 18.5 Å². The Morgan fingerprint density at radius 2 is 2.35 bits per heavy atom. The normalized spacial score (nSPS) is 25.1. The van der Waals surface area contributed by atoms with Crippen LogP contribution in [0.2, 0.25) is 5.02 Å². The van der Waals surface area contributed by atoms with Gasteiger partial charge in [0, 0.05) is 13.1 Å². The maximum absolute atomic E-state index is 12.3. The molecule has 2 heterocycles. The number of amides is 1. The number of piperidine rings is 1. The Balaban J connectivity index is 2.13. The minimum atomic E-state index is -0.292. The molecule has 1 aliphatic heterocycles. The number of thiophene rings is 1. The highest BCUT2D eigenvalue weighted by Gasteiger charge is 2.29. The Kier molecular flexibility index (Phi) is 3.76. The van der Waals surface area contributed by atoms with Crippen LogP contribution in [0.25, 0.3) is 0 Å². The molecule has 1 N–H and O–H groups in total. The highest BCUT2D eigenvalue weighted by Crippen LogP contribution is 2.29. The summed E-state index contributed by atoms with van der Waals surface area (Å²) < 4.78 is 0. The molecule has 0 radical (unpaired) electrons. The second-order valence-corrected chi connectivity index (χ2v) is 5.90. The third-order valence-electron chi connectivity index (χ3n) is 3.24. The molecule has 17 heavy (non-hydrogen) atoms. The van der Waals surface area contributed by atoms with Gasteiger partial charge >= 0.3 is 0 Å². The van der Waals surface area contributed by atoms with Crippen molar-refractivity contribution in [3.8, 4) is 0 Å². The van der Waals surface area contributed by atoms with Crippen molar-refractivity contribution in [2.75, 3.05) is 13.1 Å². The summed E-state index contributed by atoms with van der Waals surface area (Å²) in [6.07, 6.45) is 0.356. The summed E-state index contributed by atoms with van der Waals surface area (Å²) in [5, 5.41) is 12.1. The van der Waals surface area contributed by atoms with Crippen LogP contribution in [0, 0.1) is 12.8 Å². The van der Waals surface area contributed by atoms with Crippen molar-refractivity contribution in [3.63, 3.8) is 0 Å². The Labute approximate surface area is 110 Å². The van der Waals surface area contributed by atoms with Crippen LogP contribution in [0.5, 0.6) is 0 Å². The minimum absolute atomic E-state index is 0.00755. The molecule has 5 heteroatoms. The molecule has 1 fully saturated rings. The smallest absolute Gasteiger partial charge is 0.265 e. The molecule has 2 rings (SSSR count). The topological polar surface area (TPSA) is 40.5 Å². The number of aliphatic hydroxyl groups excluding tert-OH is 1. The fourth-order valence-electron chi connectivity index (χ4n) is 2.04. The molecule has 1 aliphatic rings. The predicted octanol–water partition coefficient (Wildman–Crippen LogP) is 2.55. The Bertz CT molecular complexity index is 432. The molecule has 2 atom stereocenters. The number of hydrogen-bond acceptors (Lipinski definition) is 3. The molecule has 1 aromatic heterocycles. The molecule has 3 nitrogen and oxygen atoms in total. The van der Waals surface area contributed by atoms with Crippen molar-refractivity contribution in [3.05, 3.63) is 20.8 Å². The summed E-state index contributed by atoms with van der Waals surface area (Å²) in [4.78, 5) is 14.7. The fraction of sp³-hybridized carbons (Fsp3) is 0.583. The minimum Gasteiger partial charge on any atom is -0.393 e. The van der Waals surface area contributed by atoms with Gasteiger partial charge in [-0.15, -0.1) is 11.3 Å². The van der Waals surface area contributed by atoms with E-state index in [1.165, 1.54) is 11.3 Å². The zero-order valence-corrected chi connectivity index (χ0v) is 11.5. The molecule has 1 aromatic rings. The summed E-state index contributed by atoms with van der Waals surface area (Å²) in [5.41, 5.74) is 0.949. The SMILES string of the molecule is Cc1csc(C(=O)N2CCC(O)C(C)C2)c1Cl. The van der Waals surface area contributed by atoms with Crippen LogP contribution in [0.3, 0.4) is 0 Å². The number of likely N-dealkylation sites (tertiary alicyclic amines) is 1. The molecule has 2 unspecified atom stereocenters. The quantitative estimate of drug-likeness (QED) is 0.854. The lowest BCUT2D eigenvalue weighted by Crippen LogP contribution is -2.44. The van der Waals surface area contributed by atoms with Crippen LogP contribution >= 0.6 is 22.9 Å². The number of hydrogen-bond donors (Lipinski definition) is 1. The lowest BCUT2D eigenvalue weighted by molar-refractivity contribution is 0.0300. The van der Waals surface area contributed by atoms with Crippen LogP contribution in [-0.2, 0) is 0 Å². The largest absolute Gasteiger partial charge is 0.393 e. The first-order valence-corrected chi connectivity index (χ1v) is 6.97. The van der Waals surface area contributed by atoms with Crippen LogP contribution in [0.1, 0.15) is 28.6 Å². The maximum atomic E-state index is 12.3. The van der Waals surface area contributed by atoms with Crippen molar-refractivity contribution < 1.29 is 9.90 Å². The van der Waals surface area contributed by atoms with Gasteiger partial charge in [-0.2, -0.15) is 0 Å². The van der Waals surface area contributed by atoms with Crippen molar-refractivity contribution in [2.45, 2.75) is 26.4 Å². The molecule has 0 bridgehead atoms. The number of rotatable bonds is 1. The van der Waals surface area contributed by atoms with Gasteiger partial charge in [-0.25, -0.2) is 0 Å². The van der Waals surface area contributed by atoms with Crippen LogP contribution in [-0.4, -0.2) is 35.1 Å². The van der Waals surface area contributed by atoms with Gasteiger partial charge in [-0.3, -0.25) is 4.79 Å². The van der Waals surface area contributed by atoms with Gasteiger partial charge in [0.1, 0.15) is 4.88 Å². The number of carbonyl (C=O) groups excluding carboxylic acids is 1. The van der Waals surface area contributed by atoms with Gasteiger partial charge in [0.05, 0.1) is 11.1 Å². The lowest BCUT2D eigenvalue weighted by atomic mass is 9.96. The van der Waals surface area contributed by atoms with E-state index in [0.717, 1.165) is 5.56 Å². The molecule has 0 spiro atoms. The van der Waals surface area contributed by atoms with Gasteiger partial charge in [-0.05, 0) is 30.2 Å². The van der Waals surface area contributed by atoms with Gasteiger partial charge in [0.2, 0.25) is 0 Å². The first-order valence-electron chi connectivity index (χ1n) is 5.71. The van der Waals surface area contributed by atoms with Gasteiger partial charge < -0.3 is 10.0 Å². The predicted molar refractivity (Wildman–Crippen MR) is 69.8 cm³/mol. The monoisotopic (exact) mass is 273 g/mol. The summed E-state index contributed by atoms with van der Waals surface area (Å²) >= 11 is 7.50. The van der Waals surface area contributed by atoms with E-state index in [1.807, 2.05) is 19.2 Å². The van der Waals surface area contributed by atoms with Crippen molar-refractivity contribution in [1.29, 1.82) is 0 Å². The average molecular weight is 274 g/mol. The van der Waals surface area contributed by atoms with Crippen LogP contribution in [0.4, 0.5) is 0 Å². The molecule has 0 saturated carbocycles. The highest BCUT2D eigenvalue weighted by molar-refractivity contribution is 7.13. The van der Waals surface area contributed by atoms with Crippen LogP contribution in [0.15, 0.2) is 5.38 Å². The average Bonchev–Trinajstić information content (AvgIpc) is 2.63. The van der Waals surface area contributed by atoms with Crippen molar-refractivity contribution in [2.24, 2.45) is 5.92 Å². The van der Waals surface area contributed by atoms with Crippen molar-refractivity contribution in [1.82, 2.24) is 4.90 Å². The van der Waals surface area contributed by atoms with E-state index in [-0.39, 0.29) is 17.9 Å². The molecule has 0 aliphatic carbocycles. The molecule has 0 aromatic carbocycles. The first-order chi connectivity index (χ1) is 8.00. The van der Waals surface area contributed by atoms with Gasteiger partial charge in [0.25, 0.3) is 5.91 Å². The second kappa shape index (κ2) is 4.96. The molecular weight excluding hydrogens is 258 g/mol.